The Morgan fingerprint density at radius 3 is 2.44 bits per heavy atom. The number of nitrogens with zero attached hydrogens (tertiary/aromatic N) is 1. The molecular formula is C25H26N2O4S. The Morgan fingerprint density at radius 2 is 1.72 bits per heavy atom. The van der Waals surface area contributed by atoms with Crippen molar-refractivity contribution in [3.8, 4) is 0 Å². The number of carbonyl (C=O) groups is 3. The maximum Gasteiger partial charge on any atom is 0.306 e. The van der Waals surface area contributed by atoms with Crippen LogP contribution in [0.5, 0.6) is 0 Å². The molecule has 3 aromatic rings. The number of anilines is 1. The summed E-state index contributed by atoms with van der Waals surface area (Å²) in [5.74, 6) is -0.689. The molecule has 1 heterocycles. The number of Topliss-reactive ketones (excluding diaryl/α,β-unsaturated/α-hetero) is 1. The zero-order valence-corrected chi connectivity index (χ0v) is 19.3. The average Bonchev–Trinajstić information content (AvgIpc) is 3.21. The molecule has 0 radical (unpaired) electrons. The van der Waals surface area contributed by atoms with E-state index in [1.54, 1.807) is 11.4 Å². The van der Waals surface area contributed by atoms with Crippen molar-refractivity contribution in [1.29, 1.82) is 0 Å². The standard InChI is InChI=1S/C25H26N2O4S/c1-16-4-8-20(9-5-16)26-23(29)13-24-27-21(15-32-24)14-31-25(30)11-10-22(28)19-7-6-17(2)18(3)12-19/h4-9,12,15H,10-11,13-14H2,1-3H3,(H,26,29). The Morgan fingerprint density at radius 1 is 0.969 bits per heavy atom. The topological polar surface area (TPSA) is 85.4 Å². The first kappa shape index (κ1) is 23.3. The molecule has 0 spiro atoms. The summed E-state index contributed by atoms with van der Waals surface area (Å²) >= 11 is 1.34. The van der Waals surface area contributed by atoms with Gasteiger partial charge in [0.05, 0.1) is 18.5 Å². The van der Waals surface area contributed by atoms with E-state index in [-0.39, 0.29) is 37.6 Å². The minimum absolute atomic E-state index is 0.0156. The molecule has 0 fully saturated rings. The Kier molecular flexibility index (Phi) is 7.89. The highest BCUT2D eigenvalue weighted by atomic mass is 32.1. The summed E-state index contributed by atoms with van der Waals surface area (Å²) in [4.78, 5) is 40.8. The van der Waals surface area contributed by atoms with Crippen molar-refractivity contribution in [2.24, 2.45) is 0 Å². The van der Waals surface area contributed by atoms with Gasteiger partial charge in [-0.25, -0.2) is 4.98 Å². The van der Waals surface area contributed by atoms with Gasteiger partial charge in [-0.15, -0.1) is 11.3 Å². The van der Waals surface area contributed by atoms with Gasteiger partial charge in [0.25, 0.3) is 0 Å². The number of thiazole rings is 1. The Balaban J connectivity index is 1.41. The van der Waals surface area contributed by atoms with E-state index in [1.165, 1.54) is 11.3 Å². The van der Waals surface area contributed by atoms with Gasteiger partial charge in [0.2, 0.25) is 5.91 Å². The second-order valence-electron chi connectivity index (χ2n) is 7.71. The van der Waals surface area contributed by atoms with Crippen LogP contribution in [-0.2, 0) is 27.4 Å². The van der Waals surface area contributed by atoms with Gasteiger partial charge >= 0.3 is 5.97 Å². The number of hydrogen-bond acceptors (Lipinski definition) is 6. The fourth-order valence-corrected chi connectivity index (χ4v) is 3.75. The summed E-state index contributed by atoms with van der Waals surface area (Å²) in [5.41, 5.74) is 5.22. The van der Waals surface area contributed by atoms with Crippen LogP contribution in [0.2, 0.25) is 0 Å². The van der Waals surface area contributed by atoms with Gasteiger partial charge in [-0.2, -0.15) is 0 Å². The second-order valence-corrected chi connectivity index (χ2v) is 8.65. The lowest BCUT2D eigenvalue weighted by molar-refractivity contribution is -0.145. The molecule has 0 aliphatic carbocycles. The fourth-order valence-electron chi connectivity index (χ4n) is 2.98. The van der Waals surface area contributed by atoms with Crippen LogP contribution in [0.1, 0.15) is 50.6 Å². The lowest BCUT2D eigenvalue weighted by atomic mass is 10.0. The highest BCUT2D eigenvalue weighted by Gasteiger charge is 2.13. The quantitative estimate of drug-likeness (QED) is 0.368. The van der Waals surface area contributed by atoms with E-state index in [4.69, 9.17) is 4.74 Å². The third kappa shape index (κ3) is 6.85. The molecule has 0 aliphatic heterocycles. The van der Waals surface area contributed by atoms with E-state index in [0.29, 0.717) is 16.3 Å². The first-order valence-corrected chi connectivity index (χ1v) is 11.2. The molecule has 0 aliphatic rings. The molecule has 1 aromatic heterocycles. The third-order valence-corrected chi connectivity index (χ3v) is 5.91. The zero-order chi connectivity index (χ0) is 23.1. The number of rotatable bonds is 9. The lowest BCUT2D eigenvalue weighted by Crippen LogP contribution is -2.14. The molecule has 32 heavy (non-hydrogen) atoms. The molecule has 2 aromatic carbocycles. The smallest absolute Gasteiger partial charge is 0.306 e. The van der Waals surface area contributed by atoms with Gasteiger partial charge in [0, 0.05) is 23.1 Å². The predicted molar refractivity (Wildman–Crippen MR) is 125 cm³/mol. The number of aryl methyl sites for hydroxylation is 3. The number of amides is 1. The summed E-state index contributed by atoms with van der Waals surface area (Å²) in [6, 6.07) is 13.1. The number of carbonyl (C=O) groups excluding carboxylic acids is 3. The van der Waals surface area contributed by atoms with E-state index in [1.807, 2.05) is 57.2 Å². The molecule has 0 bridgehead atoms. The van der Waals surface area contributed by atoms with Crippen molar-refractivity contribution in [1.82, 2.24) is 4.98 Å². The van der Waals surface area contributed by atoms with Crippen LogP contribution in [0.15, 0.2) is 47.8 Å². The van der Waals surface area contributed by atoms with Gasteiger partial charge in [0.15, 0.2) is 5.78 Å². The molecule has 6 nitrogen and oxygen atoms in total. The first-order chi connectivity index (χ1) is 15.3. The maximum absolute atomic E-state index is 12.3. The van der Waals surface area contributed by atoms with Crippen LogP contribution in [-0.4, -0.2) is 22.6 Å². The second kappa shape index (κ2) is 10.8. The van der Waals surface area contributed by atoms with Crippen molar-refractivity contribution in [2.75, 3.05) is 5.32 Å². The molecule has 0 atom stereocenters. The van der Waals surface area contributed by atoms with Gasteiger partial charge in [-0.1, -0.05) is 29.8 Å². The predicted octanol–water partition coefficient (Wildman–Crippen LogP) is 4.96. The molecule has 0 unspecified atom stereocenters. The van der Waals surface area contributed by atoms with E-state index in [9.17, 15) is 14.4 Å². The molecule has 1 N–H and O–H groups in total. The van der Waals surface area contributed by atoms with Crippen LogP contribution >= 0.6 is 11.3 Å². The third-order valence-electron chi connectivity index (χ3n) is 5.01. The largest absolute Gasteiger partial charge is 0.459 e. The Hall–Kier alpha value is -3.32. The number of ketones is 1. The molecule has 1 amide bonds. The monoisotopic (exact) mass is 450 g/mol. The molecule has 3 rings (SSSR count). The molecule has 0 saturated heterocycles. The number of hydrogen-bond donors (Lipinski definition) is 1. The van der Waals surface area contributed by atoms with Gasteiger partial charge < -0.3 is 10.1 Å². The Labute approximate surface area is 191 Å². The molecule has 0 saturated carbocycles. The van der Waals surface area contributed by atoms with Crippen molar-refractivity contribution >= 4 is 34.7 Å². The summed E-state index contributed by atoms with van der Waals surface area (Å²) in [7, 11) is 0. The number of esters is 1. The van der Waals surface area contributed by atoms with Crippen molar-refractivity contribution in [2.45, 2.75) is 46.6 Å². The van der Waals surface area contributed by atoms with E-state index < -0.39 is 5.97 Å². The number of ether oxygens (including phenoxy) is 1. The van der Waals surface area contributed by atoms with Crippen LogP contribution in [0.3, 0.4) is 0 Å². The van der Waals surface area contributed by atoms with Crippen LogP contribution in [0, 0.1) is 20.8 Å². The van der Waals surface area contributed by atoms with Gasteiger partial charge in [-0.3, -0.25) is 14.4 Å². The summed E-state index contributed by atoms with van der Waals surface area (Å²) in [6.45, 7) is 5.95. The first-order valence-electron chi connectivity index (χ1n) is 10.4. The van der Waals surface area contributed by atoms with Crippen molar-refractivity contribution in [3.63, 3.8) is 0 Å². The van der Waals surface area contributed by atoms with Crippen LogP contribution < -0.4 is 5.32 Å². The van der Waals surface area contributed by atoms with Crippen LogP contribution in [0.4, 0.5) is 5.69 Å². The number of nitrogens with one attached hydrogen (secondary N) is 1. The number of benzene rings is 2. The van der Waals surface area contributed by atoms with E-state index in [2.05, 4.69) is 10.3 Å². The zero-order valence-electron chi connectivity index (χ0n) is 18.4. The Bertz CT molecular complexity index is 1120. The SMILES string of the molecule is Cc1ccc(NC(=O)Cc2nc(COC(=O)CCC(=O)c3ccc(C)c(C)c3)cs2)cc1. The van der Waals surface area contributed by atoms with E-state index >= 15 is 0 Å². The molecular weight excluding hydrogens is 424 g/mol. The summed E-state index contributed by atoms with van der Waals surface area (Å²) in [5, 5.41) is 5.24. The molecule has 166 valence electrons. The molecule has 7 heteroatoms. The van der Waals surface area contributed by atoms with Crippen LogP contribution in [0.25, 0.3) is 0 Å². The normalized spacial score (nSPS) is 10.6. The average molecular weight is 451 g/mol. The minimum atomic E-state index is -0.450. The number of aromatic nitrogens is 1. The fraction of sp³-hybridized carbons (Fsp3) is 0.280. The summed E-state index contributed by atoms with van der Waals surface area (Å²) in [6.07, 6.45) is 0.265. The van der Waals surface area contributed by atoms with E-state index in [0.717, 1.165) is 22.4 Å². The minimum Gasteiger partial charge on any atom is -0.459 e. The summed E-state index contributed by atoms with van der Waals surface area (Å²) < 4.78 is 5.23. The highest BCUT2D eigenvalue weighted by Crippen LogP contribution is 2.15. The van der Waals surface area contributed by atoms with Gasteiger partial charge in [-0.05, 0) is 50.1 Å². The van der Waals surface area contributed by atoms with Crippen molar-refractivity contribution < 1.29 is 19.1 Å². The maximum atomic E-state index is 12.3. The van der Waals surface area contributed by atoms with Gasteiger partial charge in [0.1, 0.15) is 11.6 Å². The highest BCUT2D eigenvalue weighted by molar-refractivity contribution is 7.09. The lowest BCUT2D eigenvalue weighted by Gasteiger charge is -2.05. The van der Waals surface area contributed by atoms with Crippen molar-refractivity contribution in [3.05, 3.63) is 80.8 Å².